The Bertz CT molecular complexity index is 403. The standard InChI is InChI=1S/C13H23N3O4/c1-8(17)14-9-5-6-16(7-9)12(20)15-10(11(18)19)13(2,3)4/h9-10H,5-7H2,1-4H3,(H,14,17)(H,15,20)(H,18,19)/t9?,10-/m0/s1. The first kappa shape index (κ1) is 16.3. The van der Waals surface area contributed by atoms with E-state index in [4.69, 9.17) is 0 Å². The molecule has 0 aromatic rings. The molecule has 1 unspecified atom stereocenters. The number of hydrogen-bond acceptors (Lipinski definition) is 3. The van der Waals surface area contributed by atoms with E-state index in [0.717, 1.165) is 0 Å². The minimum absolute atomic E-state index is 0.0591. The molecule has 1 aliphatic rings. The van der Waals surface area contributed by atoms with Crippen LogP contribution in [0.5, 0.6) is 0 Å². The molecule has 1 fully saturated rings. The van der Waals surface area contributed by atoms with Gasteiger partial charge in [0.2, 0.25) is 5.91 Å². The average molecular weight is 285 g/mol. The van der Waals surface area contributed by atoms with Gasteiger partial charge in [-0.1, -0.05) is 20.8 Å². The van der Waals surface area contributed by atoms with Gasteiger partial charge in [-0.2, -0.15) is 0 Å². The molecule has 20 heavy (non-hydrogen) atoms. The van der Waals surface area contributed by atoms with Crippen LogP contribution in [0.2, 0.25) is 0 Å². The number of likely N-dealkylation sites (tertiary alicyclic amines) is 1. The highest BCUT2D eigenvalue weighted by Gasteiger charge is 2.35. The Hall–Kier alpha value is -1.79. The molecule has 7 nitrogen and oxygen atoms in total. The van der Waals surface area contributed by atoms with E-state index in [1.165, 1.54) is 11.8 Å². The van der Waals surface area contributed by atoms with Crippen LogP contribution in [0.1, 0.15) is 34.1 Å². The summed E-state index contributed by atoms with van der Waals surface area (Å²) < 4.78 is 0. The van der Waals surface area contributed by atoms with Crippen LogP contribution in [0, 0.1) is 5.41 Å². The third kappa shape index (κ3) is 4.40. The summed E-state index contributed by atoms with van der Waals surface area (Å²) in [4.78, 5) is 35.8. The van der Waals surface area contributed by atoms with Crippen LogP contribution in [-0.2, 0) is 9.59 Å². The van der Waals surface area contributed by atoms with Gasteiger partial charge in [0.05, 0.1) is 0 Å². The van der Waals surface area contributed by atoms with E-state index >= 15 is 0 Å². The number of aliphatic carboxylic acids is 1. The maximum absolute atomic E-state index is 12.1. The molecule has 7 heteroatoms. The van der Waals surface area contributed by atoms with E-state index < -0.39 is 23.5 Å². The first-order valence-corrected chi connectivity index (χ1v) is 6.66. The number of amides is 3. The van der Waals surface area contributed by atoms with Gasteiger partial charge in [0.15, 0.2) is 0 Å². The molecule has 0 aromatic carbocycles. The topological polar surface area (TPSA) is 98.7 Å². The number of carboxylic acid groups (broad SMARTS) is 1. The molecule has 3 amide bonds. The van der Waals surface area contributed by atoms with Crippen LogP contribution in [-0.4, -0.2) is 53.1 Å². The van der Waals surface area contributed by atoms with Gasteiger partial charge in [-0.25, -0.2) is 9.59 Å². The Morgan fingerprint density at radius 1 is 1.30 bits per heavy atom. The van der Waals surface area contributed by atoms with Crippen LogP contribution >= 0.6 is 0 Å². The van der Waals surface area contributed by atoms with Gasteiger partial charge in [-0.15, -0.1) is 0 Å². The van der Waals surface area contributed by atoms with Crippen LogP contribution in [0.25, 0.3) is 0 Å². The minimum atomic E-state index is -1.05. The Balaban J connectivity index is 2.59. The molecule has 0 aromatic heterocycles. The fourth-order valence-electron chi connectivity index (χ4n) is 2.21. The highest BCUT2D eigenvalue weighted by Crippen LogP contribution is 2.20. The van der Waals surface area contributed by atoms with Crippen molar-refractivity contribution in [2.45, 2.75) is 46.2 Å². The Kier molecular flexibility index (Phi) is 4.97. The third-order valence-electron chi connectivity index (χ3n) is 3.26. The first-order chi connectivity index (χ1) is 9.11. The van der Waals surface area contributed by atoms with Crippen molar-refractivity contribution < 1.29 is 19.5 Å². The summed E-state index contributed by atoms with van der Waals surface area (Å²) in [5.74, 6) is -1.18. The van der Waals surface area contributed by atoms with E-state index in [1.807, 2.05) is 0 Å². The van der Waals surface area contributed by atoms with Gasteiger partial charge in [-0.3, -0.25) is 4.79 Å². The first-order valence-electron chi connectivity index (χ1n) is 6.66. The summed E-state index contributed by atoms with van der Waals surface area (Å²) in [6.45, 7) is 7.63. The molecule has 3 N–H and O–H groups in total. The number of carboxylic acids is 1. The normalized spacial score (nSPS) is 20.4. The van der Waals surface area contributed by atoms with Crippen molar-refractivity contribution in [2.24, 2.45) is 5.41 Å². The second kappa shape index (κ2) is 6.11. The quantitative estimate of drug-likeness (QED) is 0.699. The lowest BCUT2D eigenvalue weighted by Gasteiger charge is -2.29. The maximum Gasteiger partial charge on any atom is 0.326 e. The molecule has 1 saturated heterocycles. The third-order valence-corrected chi connectivity index (χ3v) is 3.26. The summed E-state index contributed by atoms with van der Waals surface area (Å²) in [7, 11) is 0. The number of carbonyl (C=O) groups is 3. The van der Waals surface area contributed by atoms with Gasteiger partial charge in [0.25, 0.3) is 0 Å². The van der Waals surface area contributed by atoms with E-state index in [-0.39, 0.29) is 11.9 Å². The number of hydrogen-bond donors (Lipinski definition) is 3. The molecule has 0 bridgehead atoms. The van der Waals surface area contributed by atoms with Crippen LogP contribution in [0.3, 0.4) is 0 Å². The largest absolute Gasteiger partial charge is 0.480 e. The predicted octanol–water partition coefficient (Wildman–Crippen LogP) is 0.406. The van der Waals surface area contributed by atoms with E-state index in [0.29, 0.717) is 19.5 Å². The van der Waals surface area contributed by atoms with E-state index in [1.54, 1.807) is 20.8 Å². The zero-order valence-electron chi connectivity index (χ0n) is 12.4. The molecule has 1 aliphatic heterocycles. The van der Waals surface area contributed by atoms with Gasteiger partial charge in [0.1, 0.15) is 6.04 Å². The van der Waals surface area contributed by atoms with Gasteiger partial charge in [0, 0.05) is 26.1 Å². The number of urea groups is 1. The van der Waals surface area contributed by atoms with Crippen molar-refractivity contribution in [1.82, 2.24) is 15.5 Å². The lowest BCUT2D eigenvalue weighted by atomic mass is 9.87. The molecular formula is C13H23N3O4. The Morgan fingerprint density at radius 2 is 1.90 bits per heavy atom. The number of carbonyl (C=O) groups excluding carboxylic acids is 2. The molecule has 1 rings (SSSR count). The highest BCUT2D eigenvalue weighted by molar-refractivity contribution is 5.83. The summed E-state index contributed by atoms with van der Waals surface area (Å²) in [6, 6.07) is -1.41. The Morgan fingerprint density at radius 3 is 2.35 bits per heavy atom. The fraction of sp³-hybridized carbons (Fsp3) is 0.769. The molecular weight excluding hydrogens is 262 g/mol. The summed E-state index contributed by atoms with van der Waals surface area (Å²) in [5.41, 5.74) is -0.571. The van der Waals surface area contributed by atoms with Crippen molar-refractivity contribution in [2.75, 3.05) is 13.1 Å². The predicted molar refractivity (Wildman–Crippen MR) is 73.2 cm³/mol. The molecule has 0 spiro atoms. The van der Waals surface area contributed by atoms with Crippen molar-refractivity contribution >= 4 is 17.9 Å². The van der Waals surface area contributed by atoms with E-state index in [9.17, 15) is 19.5 Å². The number of nitrogens with zero attached hydrogens (tertiary/aromatic N) is 1. The van der Waals surface area contributed by atoms with Crippen molar-refractivity contribution in [1.29, 1.82) is 0 Å². The summed E-state index contributed by atoms with van der Waals surface area (Å²) in [6.07, 6.45) is 0.681. The molecule has 0 radical (unpaired) electrons. The molecule has 114 valence electrons. The SMILES string of the molecule is CC(=O)NC1CCN(C(=O)N[C@@H](C(=O)O)C(C)(C)C)C1. The molecule has 0 aliphatic carbocycles. The monoisotopic (exact) mass is 285 g/mol. The second-order valence-corrected chi connectivity index (χ2v) is 6.22. The smallest absolute Gasteiger partial charge is 0.326 e. The molecule has 1 heterocycles. The van der Waals surface area contributed by atoms with E-state index in [2.05, 4.69) is 10.6 Å². The van der Waals surface area contributed by atoms with Crippen molar-refractivity contribution in [3.8, 4) is 0 Å². The van der Waals surface area contributed by atoms with Crippen molar-refractivity contribution in [3.63, 3.8) is 0 Å². The van der Waals surface area contributed by atoms with Crippen LogP contribution < -0.4 is 10.6 Å². The highest BCUT2D eigenvalue weighted by atomic mass is 16.4. The average Bonchev–Trinajstić information content (AvgIpc) is 2.70. The maximum atomic E-state index is 12.1. The van der Waals surface area contributed by atoms with Crippen molar-refractivity contribution in [3.05, 3.63) is 0 Å². The van der Waals surface area contributed by atoms with Crippen LogP contribution in [0.4, 0.5) is 4.79 Å². The van der Waals surface area contributed by atoms with Gasteiger partial charge < -0.3 is 20.6 Å². The number of rotatable bonds is 3. The Labute approximate surface area is 118 Å². The second-order valence-electron chi connectivity index (χ2n) is 6.22. The fourth-order valence-corrected chi connectivity index (χ4v) is 2.21. The zero-order valence-corrected chi connectivity index (χ0v) is 12.4. The summed E-state index contributed by atoms with van der Waals surface area (Å²) >= 11 is 0. The summed E-state index contributed by atoms with van der Waals surface area (Å²) in [5, 5.41) is 14.5. The molecule has 0 saturated carbocycles. The van der Waals surface area contributed by atoms with Gasteiger partial charge in [-0.05, 0) is 11.8 Å². The lowest BCUT2D eigenvalue weighted by Crippen LogP contribution is -2.53. The van der Waals surface area contributed by atoms with Crippen LogP contribution in [0.15, 0.2) is 0 Å². The minimum Gasteiger partial charge on any atom is -0.480 e. The zero-order chi connectivity index (χ0) is 15.5. The van der Waals surface area contributed by atoms with Gasteiger partial charge >= 0.3 is 12.0 Å². The molecule has 2 atom stereocenters. The lowest BCUT2D eigenvalue weighted by molar-refractivity contribution is -0.142. The number of nitrogens with one attached hydrogen (secondary N) is 2.